The minimum atomic E-state index is -3.49. The Morgan fingerprint density at radius 1 is 1.28 bits per heavy atom. The summed E-state index contributed by atoms with van der Waals surface area (Å²) in [7, 11) is -3.49. The topological polar surface area (TPSA) is 103 Å². The van der Waals surface area contributed by atoms with E-state index in [0.29, 0.717) is 32.8 Å². The highest BCUT2D eigenvalue weighted by atomic mass is 32.2. The van der Waals surface area contributed by atoms with E-state index in [1.807, 2.05) is 12.3 Å². The third-order valence-corrected chi connectivity index (χ3v) is 7.07. The van der Waals surface area contributed by atoms with Gasteiger partial charge >= 0.3 is 0 Å². The Labute approximate surface area is 145 Å². The fraction of sp³-hybridized carbons (Fsp3) is 0.600. The first-order valence-electron chi connectivity index (χ1n) is 8.48. The van der Waals surface area contributed by atoms with Crippen LogP contribution in [0.15, 0.2) is 18.6 Å². The van der Waals surface area contributed by atoms with Crippen LogP contribution < -0.4 is 9.62 Å². The number of nitrogens with one attached hydrogen (secondary N) is 2. The quantitative estimate of drug-likeness (QED) is 0.782. The predicted molar refractivity (Wildman–Crippen MR) is 91.4 cm³/mol. The molecular weight excluding hydrogens is 344 g/mol. The lowest BCUT2D eigenvalue weighted by Crippen LogP contribution is -2.62. The van der Waals surface area contributed by atoms with Gasteiger partial charge in [0.05, 0.1) is 30.2 Å². The Hall–Kier alpha value is -1.75. The highest BCUT2D eigenvalue weighted by Gasteiger charge is 2.56. The first-order chi connectivity index (χ1) is 12.1. The first kappa shape index (κ1) is 15.5. The van der Waals surface area contributed by atoms with Crippen molar-refractivity contribution in [3.05, 3.63) is 18.6 Å². The molecule has 5 rings (SSSR count). The molecule has 1 spiro atoms. The van der Waals surface area contributed by atoms with Crippen molar-refractivity contribution < 1.29 is 13.2 Å². The van der Waals surface area contributed by atoms with E-state index < -0.39 is 10.2 Å². The molecule has 2 N–H and O–H groups in total. The molecule has 0 bridgehead atoms. The molecule has 0 aromatic carbocycles. The van der Waals surface area contributed by atoms with Gasteiger partial charge in [0.15, 0.2) is 0 Å². The van der Waals surface area contributed by atoms with Crippen LogP contribution in [0.25, 0.3) is 11.0 Å². The molecule has 2 saturated heterocycles. The molecule has 10 heteroatoms. The number of rotatable bonds is 4. The van der Waals surface area contributed by atoms with E-state index in [4.69, 9.17) is 4.74 Å². The minimum Gasteiger partial charge on any atom is -0.378 e. The van der Waals surface area contributed by atoms with Crippen LogP contribution in [-0.2, 0) is 14.9 Å². The lowest BCUT2D eigenvalue weighted by atomic mass is 10.2. The molecule has 2 aromatic heterocycles. The van der Waals surface area contributed by atoms with E-state index in [-0.39, 0.29) is 11.6 Å². The van der Waals surface area contributed by atoms with Crippen LogP contribution in [0, 0.1) is 0 Å². The van der Waals surface area contributed by atoms with Gasteiger partial charge < -0.3 is 14.6 Å². The van der Waals surface area contributed by atoms with E-state index in [9.17, 15) is 8.42 Å². The summed E-state index contributed by atoms with van der Waals surface area (Å²) in [6.45, 7) is 2.64. The fourth-order valence-corrected chi connectivity index (χ4v) is 5.52. The van der Waals surface area contributed by atoms with E-state index in [0.717, 1.165) is 29.7 Å². The molecule has 0 radical (unpaired) electrons. The van der Waals surface area contributed by atoms with Crippen molar-refractivity contribution in [2.75, 3.05) is 37.7 Å². The second kappa shape index (κ2) is 5.37. The van der Waals surface area contributed by atoms with Crippen molar-refractivity contribution in [1.29, 1.82) is 0 Å². The smallest absolute Gasteiger partial charge is 0.280 e. The maximum Gasteiger partial charge on any atom is 0.280 e. The second-order valence-electron chi connectivity index (χ2n) is 7.01. The number of piperazine rings is 1. The highest BCUT2D eigenvalue weighted by Crippen LogP contribution is 2.46. The summed E-state index contributed by atoms with van der Waals surface area (Å²) in [6, 6.07) is 1.87. The van der Waals surface area contributed by atoms with Gasteiger partial charge in [0.2, 0.25) is 0 Å². The Balaban J connectivity index is 1.40. The number of H-pyrrole nitrogens is 1. The summed E-state index contributed by atoms with van der Waals surface area (Å²) >= 11 is 0. The zero-order valence-corrected chi connectivity index (χ0v) is 14.5. The Kier molecular flexibility index (Phi) is 3.33. The number of aromatic amines is 1. The van der Waals surface area contributed by atoms with Crippen molar-refractivity contribution in [2.24, 2.45) is 0 Å². The minimum absolute atomic E-state index is 0.0971. The molecule has 0 atom stereocenters. The maximum atomic E-state index is 12.8. The zero-order chi connectivity index (χ0) is 17.1. The lowest BCUT2D eigenvalue weighted by Gasteiger charge is -2.42. The number of ether oxygens (including phenoxy) is 1. The van der Waals surface area contributed by atoms with Crippen molar-refractivity contribution in [3.8, 4) is 0 Å². The van der Waals surface area contributed by atoms with Crippen LogP contribution >= 0.6 is 0 Å². The molecule has 2 aliphatic heterocycles. The maximum absolute atomic E-state index is 12.8. The molecular formula is C15H20N6O3S. The number of nitrogens with zero attached hydrogens (tertiary/aromatic N) is 4. The van der Waals surface area contributed by atoms with Crippen LogP contribution in [0.3, 0.4) is 0 Å². The van der Waals surface area contributed by atoms with Gasteiger partial charge in [-0.1, -0.05) is 0 Å². The van der Waals surface area contributed by atoms with Gasteiger partial charge in [-0.2, -0.15) is 17.4 Å². The number of hydrogen-bond donors (Lipinski definition) is 2. The Morgan fingerprint density at radius 3 is 2.84 bits per heavy atom. The standard InChI is InChI=1S/C15H20N6O3S/c22-25(23,19-11-7-24-8-11)21-6-5-20(9-15(21)2-3-15)14-12-1-4-16-13(12)17-10-18-14/h1,4,10-11,19H,2-3,5-9H2,(H,16,17,18). The molecule has 1 aliphatic carbocycles. The van der Waals surface area contributed by atoms with Crippen molar-refractivity contribution >= 4 is 27.1 Å². The van der Waals surface area contributed by atoms with E-state index in [1.54, 1.807) is 10.6 Å². The van der Waals surface area contributed by atoms with Crippen LogP contribution in [0.1, 0.15) is 12.8 Å². The van der Waals surface area contributed by atoms with Gasteiger partial charge in [-0.3, -0.25) is 0 Å². The first-order valence-corrected chi connectivity index (χ1v) is 9.92. The van der Waals surface area contributed by atoms with Crippen molar-refractivity contribution in [2.45, 2.75) is 24.4 Å². The van der Waals surface area contributed by atoms with Gasteiger partial charge in [0.1, 0.15) is 17.8 Å². The Morgan fingerprint density at radius 2 is 2.12 bits per heavy atom. The third-order valence-electron chi connectivity index (χ3n) is 5.29. The lowest BCUT2D eigenvalue weighted by molar-refractivity contribution is 0.00383. The molecule has 134 valence electrons. The number of hydrogen-bond acceptors (Lipinski definition) is 6. The van der Waals surface area contributed by atoms with E-state index in [1.165, 1.54) is 0 Å². The highest BCUT2D eigenvalue weighted by molar-refractivity contribution is 7.87. The summed E-state index contributed by atoms with van der Waals surface area (Å²) < 4.78 is 35.0. The van der Waals surface area contributed by atoms with Gasteiger partial charge in [-0.15, -0.1) is 0 Å². The largest absolute Gasteiger partial charge is 0.378 e. The van der Waals surface area contributed by atoms with Crippen LogP contribution in [0.4, 0.5) is 5.82 Å². The SMILES string of the molecule is O=S(=O)(NC1COC1)N1CCN(c2ncnc3[nH]ccc23)CC12CC2. The van der Waals surface area contributed by atoms with Gasteiger partial charge in [0, 0.05) is 25.8 Å². The van der Waals surface area contributed by atoms with E-state index in [2.05, 4.69) is 24.6 Å². The number of aromatic nitrogens is 3. The normalized spacial score (nSPS) is 23.9. The molecule has 4 heterocycles. The van der Waals surface area contributed by atoms with Crippen molar-refractivity contribution in [3.63, 3.8) is 0 Å². The monoisotopic (exact) mass is 364 g/mol. The number of fused-ring (bicyclic) bond motifs is 1. The Bertz CT molecular complexity index is 905. The molecule has 3 aliphatic rings. The second-order valence-corrected chi connectivity index (χ2v) is 8.64. The predicted octanol–water partition coefficient (Wildman–Crippen LogP) is -0.154. The van der Waals surface area contributed by atoms with Crippen LogP contribution in [0.5, 0.6) is 0 Å². The summed E-state index contributed by atoms with van der Waals surface area (Å²) in [5, 5.41) is 0.972. The zero-order valence-electron chi connectivity index (χ0n) is 13.7. The van der Waals surface area contributed by atoms with Gasteiger partial charge in [0.25, 0.3) is 10.2 Å². The average Bonchev–Trinajstić information content (AvgIpc) is 3.13. The van der Waals surface area contributed by atoms with Gasteiger partial charge in [-0.05, 0) is 18.9 Å². The molecule has 2 aromatic rings. The van der Waals surface area contributed by atoms with E-state index >= 15 is 0 Å². The molecule has 1 saturated carbocycles. The fourth-order valence-electron chi connectivity index (χ4n) is 3.76. The van der Waals surface area contributed by atoms with Crippen molar-refractivity contribution in [1.82, 2.24) is 24.0 Å². The summed E-state index contributed by atoms with van der Waals surface area (Å²) in [4.78, 5) is 14.0. The average molecular weight is 364 g/mol. The molecule has 9 nitrogen and oxygen atoms in total. The van der Waals surface area contributed by atoms with Crippen LogP contribution in [0.2, 0.25) is 0 Å². The summed E-state index contributed by atoms with van der Waals surface area (Å²) in [5.74, 6) is 0.870. The molecule has 25 heavy (non-hydrogen) atoms. The van der Waals surface area contributed by atoms with Crippen LogP contribution in [-0.4, -0.2) is 72.1 Å². The molecule has 0 amide bonds. The number of anilines is 1. The third kappa shape index (κ3) is 2.51. The molecule has 3 fully saturated rings. The summed E-state index contributed by atoms with van der Waals surface area (Å²) in [6.07, 6.45) is 5.16. The summed E-state index contributed by atoms with van der Waals surface area (Å²) in [5.41, 5.74) is 0.485. The van der Waals surface area contributed by atoms with Gasteiger partial charge in [-0.25, -0.2) is 9.97 Å². The molecule has 0 unspecified atom stereocenters.